The summed E-state index contributed by atoms with van der Waals surface area (Å²) in [4.78, 5) is 10.7. The van der Waals surface area contributed by atoms with Crippen molar-refractivity contribution in [1.29, 1.82) is 0 Å². The van der Waals surface area contributed by atoms with E-state index in [0.717, 1.165) is 19.3 Å². The number of carboxylic acids is 1. The average molecular weight is 222 g/mol. The molecule has 1 aliphatic rings. The average Bonchev–Trinajstić information content (AvgIpc) is 2.14. The van der Waals surface area contributed by atoms with E-state index < -0.39 is 11.6 Å². The summed E-state index contributed by atoms with van der Waals surface area (Å²) >= 11 is 0. The SMILES string of the molecule is CC(F)(c1ccc(C(=O)O)cc1)C1CCC1. The molecular formula is C13H15FO2. The van der Waals surface area contributed by atoms with Crippen LogP contribution in [-0.2, 0) is 5.67 Å². The Kier molecular flexibility index (Phi) is 2.70. The number of carbonyl (C=O) groups is 1. The highest BCUT2D eigenvalue weighted by atomic mass is 19.1. The molecule has 1 aliphatic carbocycles. The van der Waals surface area contributed by atoms with Crippen LogP contribution in [0.5, 0.6) is 0 Å². The van der Waals surface area contributed by atoms with Gasteiger partial charge in [-0.25, -0.2) is 9.18 Å². The fraction of sp³-hybridized carbons (Fsp3) is 0.462. The number of alkyl halides is 1. The van der Waals surface area contributed by atoms with Gasteiger partial charge in [-0.3, -0.25) is 0 Å². The topological polar surface area (TPSA) is 37.3 Å². The number of hydrogen-bond donors (Lipinski definition) is 1. The highest BCUT2D eigenvalue weighted by Crippen LogP contribution is 2.44. The lowest BCUT2D eigenvalue weighted by atomic mass is 9.72. The third-order valence-corrected chi connectivity index (χ3v) is 3.57. The Morgan fingerprint density at radius 3 is 2.31 bits per heavy atom. The summed E-state index contributed by atoms with van der Waals surface area (Å²) in [5.41, 5.74) is -0.537. The van der Waals surface area contributed by atoms with Crippen molar-refractivity contribution >= 4 is 5.97 Å². The molecule has 0 spiro atoms. The second-order valence-electron chi connectivity index (χ2n) is 4.59. The van der Waals surface area contributed by atoms with Crippen LogP contribution in [0.2, 0.25) is 0 Å². The van der Waals surface area contributed by atoms with Gasteiger partial charge in [0.15, 0.2) is 0 Å². The highest BCUT2D eigenvalue weighted by molar-refractivity contribution is 5.87. The number of rotatable bonds is 3. The lowest BCUT2D eigenvalue weighted by Crippen LogP contribution is -2.32. The van der Waals surface area contributed by atoms with E-state index in [1.807, 2.05) is 0 Å². The number of carboxylic acid groups (broad SMARTS) is 1. The predicted octanol–water partition coefficient (Wildman–Crippen LogP) is 3.37. The molecule has 0 aliphatic heterocycles. The summed E-state index contributed by atoms with van der Waals surface area (Å²) in [6.45, 7) is 1.59. The molecule has 2 nitrogen and oxygen atoms in total. The van der Waals surface area contributed by atoms with Gasteiger partial charge in [-0.15, -0.1) is 0 Å². The summed E-state index contributed by atoms with van der Waals surface area (Å²) in [7, 11) is 0. The molecule has 1 aromatic carbocycles. The molecule has 1 fully saturated rings. The van der Waals surface area contributed by atoms with Gasteiger partial charge >= 0.3 is 5.97 Å². The van der Waals surface area contributed by atoms with Crippen molar-refractivity contribution in [3.63, 3.8) is 0 Å². The zero-order valence-electron chi connectivity index (χ0n) is 9.24. The van der Waals surface area contributed by atoms with Gasteiger partial charge in [0, 0.05) is 0 Å². The molecule has 1 unspecified atom stereocenters. The van der Waals surface area contributed by atoms with Crippen LogP contribution >= 0.6 is 0 Å². The lowest BCUT2D eigenvalue weighted by Gasteiger charge is -2.37. The molecule has 1 saturated carbocycles. The Labute approximate surface area is 94.1 Å². The quantitative estimate of drug-likeness (QED) is 0.851. The summed E-state index contributed by atoms with van der Waals surface area (Å²) < 4.78 is 14.5. The lowest BCUT2D eigenvalue weighted by molar-refractivity contribution is 0.0462. The Hall–Kier alpha value is -1.38. The van der Waals surface area contributed by atoms with Crippen LogP contribution in [-0.4, -0.2) is 11.1 Å². The van der Waals surface area contributed by atoms with Crippen LogP contribution in [0.3, 0.4) is 0 Å². The van der Waals surface area contributed by atoms with E-state index in [1.165, 1.54) is 12.1 Å². The molecule has 16 heavy (non-hydrogen) atoms. The number of aromatic carboxylic acids is 1. The Bertz CT molecular complexity index is 391. The van der Waals surface area contributed by atoms with Gasteiger partial charge in [-0.1, -0.05) is 18.6 Å². The van der Waals surface area contributed by atoms with Gasteiger partial charge < -0.3 is 5.11 Å². The van der Waals surface area contributed by atoms with Crippen LogP contribution in [0.1, 0.15) is 42.1 Å². The summed E-state index contributed by atoms with van der Waals surface area (Å²) in [5.74, 6) is -0.890. The zero-order chi connectivity index (χ0) is 11.8. The third kappa shape index (κ3) is 1.82. The fourth-order valence-electron chi connectivity index (χ4n) is 2.12. The number of benzene rings is 1. The largest absolute Gasteiger partial charge is 0.478 e. The molecule has 86 valence electrons. The maximum absolute atomic E-state index is 14.5. The molecule has 1 N–H and O–H groups in total. The molecule has 3 heteroatoms. The Balaban J connectivity index is 2.23. The summed E-state index contributed by atoms with van der Waals surface area (Å²) in [6, 6.07) is 6.10. The van der Waals surface area contributed by atoms with Crippen LogP contribution < -0.4 is 0 Å². The molecule has 1 aromatic rings. The fourth-order valence-corrected chi connectivity index (χ4v) is 2.12. The predicted molar refractivity (Wildman–Crippen MR) is 59.2 cm³/mol. The van der Waals surface area contributed by atoms with Gasteiger partial charge in [0.1, 0.15) is 5.67 Å². The van der Waals surface area contributed by atoms with Crippen LogP contribution in [0.15, 0.2) is 24.3 Å². The maximum Gasteiger partial charge on any atom is 0.335 e. The number of hydrogen-bond acceptors (Lipinski definition) is 1. The minimum absolute atomic E-state index is 0.0863. The van der Waals surface area contributed by atoms with E-state index in [2.05, 4.69) is 0 Å². The Morgan fingerprint density at radius 2 is 1.94 bits per heavy atom. The second-order valence-corrected chi connectivity index (χ2v) is 4.59. The third-order valence-electron chi connectivity index (χ3n) is 3.57. The molecule has 0 saturated heterocycles. The smallest absolute Gasteiger partial charge is 0.335 e. The second kappa shape index (κ2) is 3.89. The molecule has 0 amide bonds. The first-order valence-corrected chi connectivity index (χ1v) is 5.54. The van der Waals surface area contributed by atoms with Gasteiger partial charge in [0.2, 0.25) is 0 Å². The molecular weight excluding hydrogens is 207 g/mol. The minimum atomic E-state index is -1.32. The molecule has 1 atom stereocenters. The van der Waals surface area contributed by atoms with Crippen molar-refractivity contribution in [2.24, 2.45) is 5.92 Å². The van der Waals surface area contributed by atoms with Crippen molar-refractivity contribution in [1.82, 2.24) is 0 Å². The van der Waals surface area contributed by atoms with Gasteiger partial charge in [0.25, 0.3) is 0 Å². The molecule has 2 rings (SSSR count). The van der Waals surface area contributed by atoms with Crippen LogP contribution in [0, 0.1) is 5.92 Å². The van der Waals surface area contributed by atoms with E-state index in [1.54, 1.807) is 19.1 Å². The maximum atomic E-state index is 14.5. The first kappa shape index (κ1) is 11.1. The molecule has 0 bridgehead atoms. The van der Waals surface area contributed by atoms with E-state index in [9.17, 15) is 9.18 Å². The summed E-state index contributed by atoms with van der Waals surface area (Å²) in [5, 5.41) is 8.75. The first-order chi connectivity index (χ1) is 7.51. The van der Waals surface area contributed by atoms with E-state index in [-0.39, 0.29) is 11.5 Å². The van der Waals surface area contributed by atoms with Crippen molar-refractivity contribution in [2.45, 2.75) is 31.9 Å². The van der Waals surface area contributed by atoms with Crippen LogP contribution in [0.4, 0.5) is 4.39 Å². The van der Waals surface area contributed by atoms with Crippen molar-refractivity contribution in [3.05, 3.63) is 35.4 Å². The number of halogens is 1. The molecule has 0 heterocycles. The summed E-state index contributed by atoms with van der Waals surface area (Å²) in [6.07, 6.45) is 2.94. The monoisotopic (exact) mass is 222 g/mol. The van der Waals surface area contributed by atoms with Gasteiger partial charge in [0.05, 0.1) is 5.56 Å². The van der Waals surface area contributed by atoms with Crippen LogP contribution in [0.25, 0.3) is 0 Å². The minimum Gasteiger partial charge on any atom is -0.478 e. The van der Waals surface area contributed by atoms with E-state index >= 15 is 0 Å². The van der Waals surface area contributed by atoms with Gasteiger partial charge in [-0.05, 0) is 43.4 Å². The van der Waals surface area contributed by atoms with Crippen molar-refractivity contribution in [3.8, 4) is 0 Å². The normalized spacial score (nSPS) is 19.9. The Morgan fingerprint density at radius 1 is 1.38 bits per heavy atom. The molecule has 0 radical (unpaired) electrons. The first-order valence-electron chi connectivity index (χ1n) is 5.54. The van der Waals surface area contributed by atoms with Gasteiger partial charge in [-0.2, -0.15) is 0 Å². The molecule has 0 aromatic heterocycles. The standard InChI is InChI=1S/C13H15FO2/c1-13(14,10-3-2-4-10)11-7-5-9(6-8-11)12(15)16/h5-8,10H,2-4H2,1H3,(H,15,16). The zero-order valence-corrected chi connectivity index (χ0v) is 9.24. The van der Waals surface area contributed by atoms with Crippen molar-refractivity contribution in [2.75, 3.05) is 0 Å². The highest BCUT2D eigenvalue weighted by Gasteiger charge is 2.39. The van der Waals surface area contributed by atoms with E-state index in [0.29, 0.717) is 5.56 Å². The van der Waals surface area contributed by atoms with E-state index in [4.69, 9.17) is 5.11 Å². The van der Waals surface area contributed by atoms with Crippen molar-refractivity contribution < 1.29 is 14.3 Å².